The molecule has 11 aromatic rings. The Morgan fingerprint density at radius 2 is 0.955 bits per heavy atom. The molecule has 1 spiro atoms. The molecule has 0 fully saturated rings. The lowest BCUT2D eigenvalue weighted by Gasteiger charge is -2.45. The molecule has 13 rings (SSSR count). The summed E-state index contributed by atoms with van der Waals surface area (Å²) < 4.78 is 2.38. The largest absolute Gasteiger partial charge is 0.310 e. The van der Waals surface area contributed by atoms with Crippen LogP contribution in [0, 0.1) is 17.9 Å². The van der Waals surface area contributed by atoms with Crippen LogP contribution in [-0.2, 0) is 5.41 Å². The third-order valence-corrected chi connectivity index (χ3v) is 13.5. The summed E-state index contributed by atoms with van der Waals surface area (Å²) in [6.07, 6.45) is 0. The normalized spacial score (nSPS) is 12.8. The fourth-order valence-corrected chi connectivity index (χ4v) is 10.8. The molecule has 7 nitrogen and oxygen atoms in total. The molecule has 0 bridgehead atoms. The average molecular weight is 854 g/mol. The second-order valence-corrected chi connectivity index (χ2v) is 16.9. The lowest BCUT2D eigenvalue weighted by atomic mass is 9.64. The van der Waals surface area contributed by atoms with Crippen LogP contribution in [0.25, 0.3) is 77.6 Å². The van der Waals surface area contributed by atoms with Gasteiger partial charge in [0.15, 0.2) is 23.2 Å². The number of nitriles is 1. The molecule has 0 N–H and O–H groups in total. The molecule has 0 saturated carbocycles. The first-order valence-corrected chi connectivity index (χ1v) is 22.2. The molecule has 9 aromatic carbocycles. The summed E-state index contributed by atoms with van der Waals surface area (Å²) in [7, 11) is 0. The molecule has 1 aliphatic carbocycles. The molecule has 2 aliphatic rings. The monoisotopic (exact) mass is 853 g/mol. The zero-order chi connectivity index (χ0) is 44.6. The van der Waals surface area contributed by atoms with Crippen LogP contribution in [0.4, 0.5) is 22.7 Å². The molecule has 2 aromatic heterocycles. The Kier molecular flexibility index (Phi) is 8.42. The molecule has 0 unspecified atom stereocenters. The summed E-state index contributed by atoms with van der Waals surface area (Å²) in [5, 5.41) is 13.6. The number of hydrogen-bond acceptors (Lipinski definition) is 5. The predicted molar refractivity (Wildman–Crippen MR) is 267 cm³/mol. The number of rotatable bonds is 5. The van der Waals surface area contributed by atoms with Gasteiger partial charge in [-0.1, -0.05) is 164 Å². The quantitative estimate of drug-likeness (QED) is 0.161. The van der Waals surface area contributed by atoms with Gasteiger partial charge in [0.2, 0.25) is 0 Å². The highest BCUT2D eigenvalue weighted by Gasteiger charge is 2.52. The highest BCUT2D eigenvalue weighted by molar-refractivity contribution is 6.09. The van der Waals surface area contributed by atoms with Crippen LogP contribution in [0.3, 0.4) is 0 Å². The number of fused-ring (bicyclic) bond motifs is 12. The third-order valence-electron chi connectivity index (χ3n) is 13.5. The summed E-state index contributed by atoms with van der Waals surface area (Å²) in [4.78, 5) is 21.0. The van der Waals surface area contributed by atoms with E-state index >= 15 is 0 Å². The molecule has 0 radical (unpaired) electrons. The van der Waals surface area contributed by atoms with Crippen LogP contribution in [-0.4, -0.2) is 19.5 Å². The van der Waals surface area contributed by atoms with Gasteiger partial charge in [0, 0.05) is 33.2 Å². The number of aromatic nitrogens is 4. The molecule has 310 valence electrons. The van der Waals surface area contributed by atoms with Crippen LogP contribution in [0.15, 0.2) is 212 Å². The van der Waals surface area contributed by atoms with Crippen molar-refractivity contribution in [1.82, 2.24) is 19.5 Å². The van der Waals surface area contributed by atoms with Gasteiger partial charge in [-0.15, -0.1) is 0 Å². The third kappa shape index (κ3) is 5.53. The second-order valence-electron chi connectivity index (χ2n) is 16.9. The van der Waals surface area contributed by atoms with E-state index < -0.39 is 5.41 Å². The Hall–Kier alpha value is -9.43. The van der Waals surface area contributed by atoms with Crippen LogP contribution in [0.2, 0.25) is 0 Å². The van der Waals surface area contributed by atoms with Gasteiger partial charge in [-0.2, -0.15) is 5.26 Å². The first kappa shape index (κ1) is 38.1. The minimum Gasteiger partial charge on any atom is -0.310 e. The summed E-state index contributed by atoms with van der Waals surface area (Å²) in [6, 6.07) is 75.7. The van der Waals surface area contributed by atoms with Gasteiger partial charge in [-0.3, -0.25) is 0 Å². The van der Waals surface area contributed by atoms with E-state index in [4.69, 9.17) is 21.5 Å². The lowest BCUT2D eigenvalue weighted by Crippen LogP contribution is -2.36. The van der Waals surface area contributed by atoms with Crippen molar-refractivity contribution in [3.8, 4) is 57.0 Å². The summed E-state index contributed by atoms with van der Waals surface area (Å²) >= 11 is 0. The van der Waals surface area contributed by atoms with E-state index in [0.29, 0.717) is 40.0 Å². The van der Waals surface area contributed by atoms with Gasteiger partial charge in [0.25, 0.3) is 0 Å². The number of para-hydroxylation sites is 4. The van der Waals surface area contributed by atoms with E-state index in [2.05, 4.69) is 160 Å². The summed E-state index contributed by atoms with van der Waals surface area (Å²) in [5.41, 5.74) is 14.9. The molecular weight excluding hydrogens is 819 g/mol. The van der Waals surface area contributed by atoms with Gasteiger partial charge in [-0.05, 0) is 81.9 Å². The van der Waals surface area contributed by atoms with Crippen LogP contribution >= 0.6 is 0 Å². The lowest BCUT2D eigenvalue weighted by molar-refractivity contribution is 0.752. The molecule has 0 amide bonds. The van der Waals surface area contributed by atoms with Crippen LogP contribution < -0.4 is 4.90 Å². The molecule has 1 aliphatic heterocycles. The molecule has 67 heavy (non-hydrogen) atoms. The zero-order valence-electron chi connectivity index (χ0n) is 35.8. The van der Waals surface area contributed by atoms with Gasteiger partial charge >= 0.3 is 0 Å². The Labute approximate surface area is 386 Å². The van der Waals surface area contributed by atoms with Gasteiger partial charge < -0.3 is 9.47 Å². The fourth-order valence-electron chi connectivity index (χ4n) is 10.8. The minimum absolute atomic E-state index is 0.319. The van der Waals surface area contributed by atoms with E-state index in [1.165, 1.54) is 33.0 Å². The Morgan fingerprint density at radius 3 is 1.55 bits per heavy atom. The SMILES string of the molecule is [C-]#[N+]c1cc(N2c3ccccc3C3(c4ccccc4-c4cc(-n5c6ccccc6c6ccccc65)ccc43)c3ccccc32)c(C#N)cc1-c1nc(-c2ccccc2)nc(-c2ccccc2)n1. The van der Waals surface area contributed by atoms with Crippen molar-refractivity contribution in [3.63, 3.8) is 0 Å². The number of anilines is 3. The highest BCUT2D eigenvalue weighted by atomic mass is 15.2. The predicted octanol–water partition coefficient (Wildman–Crippen LogP) is 14.5. The average Bonchev–Trinajstić information content (AvgIpc) is 3.89. The Balaban J connectivity index is 1.02. The van der Waals surface area contributed by atoms with Crippen molar-refractivity contribution in [2.45, 2.75) is 5.41 Å². The number of hydrogen-bond donors (Lipinski definition) is 0. The van der Waals surface area contributed by atoms with E-state index in [0.717, 1.165) is 50.3 Å². The first-order chi connectivity index (χ1) is 33.1. The van der Waals surface area contributed by atoms with Crippen molar-refractivity contribution in [2.24, 2.45) is 0 Å². The van der Waals surface area contributed by atoms with E-state index in [1.54, 1.807) is 6.07 Å². The minimum atomic E-state index is -0.698. The maximum atomic E-state index is 11.1. The maximum Gasteiger partial charge on any atom is 0.200 e. The topological polar surface area (TPSA) is 75.0 Å². The number of nitrogens with zero attached hydrogens (tertiary/aromatic N) is 7. The van der Waals surface area contributed by atoms with Gasteiger partial charge in [0.05, 0.1) is 45.6 Å². The Bertz CT molecular complexity index is 3760. The first-order valence-electron chi connectivity index (χ1n) is 22.2. The highest BCUT2D eigenvalue weighted by Crippen LogP contribution is 2.64. The van der Waals surface area contributed by atoms with Crippen molar-refractivity contribution >= 4 is 44.6 Å². The zero-order valence-corrected chi connectivity index (χ0v) is 35.8. The van der Waals surface area contributed by atoms with Crippen molar-refractivity contribution < 1.29 is 0 Å². The second kappa shape index (κ2) is 14.8. The van der Waals surface area contributed by atoms with Crippen molar-refractivity contribution in [3.05, 3.63) is 252 Å². The Morgan fingerprint density at radius 1 is 0.448 bits per heavy atom. The van der Waals surface area contributed by atoms with E-state index in [-0.39, 0.29) is 0 Å². The van der Waals surface area contributed by atoms with Gasteiger partial charge in [0.1, 0.15) is 6.07 Å². The summed E-state index contributed by atoms with van der Waals surface area (Å²) in [5.74, 6) is 1.28. The number of benzene rings is 9. The molecule has 7 heteroatoms. The van der Waals surface area contributed by atoms with Crippen molar-refractivity contribution in [1.29, 1.82) is 5.26 Å². The van der Waals surface area contributed by atoms with Crippen LogP contribution in [0.1, 0.15) is 27.8 Å². The molecule has 3 heterocycles. The van der Waals surface area contributed by atoms with E-state index in [1.807, 2.05) is 66.7 Å². The molecule has 0 atom stereocenters. The van der Waals surface area contributed by atoms with E-state index in [9.17, 15) is 5.26 Å². The fraction of sp³-hybridized carbons (Fsp3) is 0.0167. The smallest absolute Gasteiger partial charge is 0.200 e. The maximum absolute atomic E-state index is 11.1. The van der Waals surface area contributed by atoms with Gasteiger partial charge in [-0.25, -0.2) is 19.8 Å². The van der Waals surface area contributed by atoms with Crippen molar-refractivity contribution in [2.75, 3.05) is 4.90 Å². The summed E-state index contributed by atoms with van der Waals surface area (Å²) in [6.45, 7) is 8.60. The molecular formula is C60H35N7. The molecule has 0 saturated heterocycles. The van der Waals surface area contributed by atoms with Crippen LogP contribution in [0.5, 0.6) is 0 Å². The standard InChI is InChI=1S/C60H35N7/c1-62-51-36-56(40(37-61)34-46(51)59-64-57(38-18-4-2-5-19-38)63-58(65-59)39-20-6-3-7-21-39)67-54-30-16-12-26-49(54)60(50-27-13-17-31-55(50)67)47-25-11-8-22-42(47)45-35-41(32-33-48(45)60)66-52-28-14-9-23-43(52)44-24-10-15-29-53(44)66/h2-36H.